The van der Waals surface area contributed by atoms with Crippen molar-refractivity contribution in [2.24, 2.45) is 5.73 Å². The van der Waals surface area contributed by atoms with E-state index in [2.05, 4.69) is 11.8 Å². The Morgan fingerprint density at radius 2 is 2.00 bits per heavy atom. The summed E-state index contributed by atoms with van der Waals surface area (Å²) in [5.74, 6) is 6.58. The molecule has 0 aromatic heterocycles. The molecule has 2 aromatic rings. The number of halogens is 1. The first-order valence-electron chi connectivity index (χ1n) is 6.36. The Labute approximate surface area is 124 Å². The molecule has 0 bridgehead atoms. The third-order valence-electron chi connectivity index (χ3n) is 2.81. The molecule has 0 heterocycles. The molecule has 0 aliphatic rings. The predicted octanol–water partition coefficient (Wildman–Crippen LogP) is 3.54. The van der Waals surface area contributed by atoms with Crippen LogP contribution < -0.4 is 10.5 Å². The second-order valence-electron chi connectivity index (χ2n) is 4.39. The fourth-order valence-corrected chi connectivity index (χ4v) is 2.08. The van der Waals surface area contributed by atoms with Crippen molar-refractivity contribution in [1.82, 2.24) is 0 Å². The van der Waals surface area contributed by atoms with Crippen LogP contribution in [-0.4, -0.2) is 6.54 Å². The van der Waals surface area contributed by atoms with E-state index in [9.17, 15) is 0 Å². The first kappa shape index (κ1) is 14.5. The maximum atomic E-state index is 6.15. The topological polar surface area (TPSA) is 35.2 Å². The summed E-state index contributed by atoms with van der Waals surface area (Å²) in [4.78, 5) is 0. The summed E-state index contributed by atoms with van der Waals surface area (Å²) >= 11 is 6.15. The highest BCUT2D eigenvalue weighted by Gasteiger charge is 2.04. The Balaban J connectivity index is 2.14. The third kappa shape index (κ3) is 3.77. The van der Waals surface area contributed by atoms with E-state index in [1.54, 1.807) is 0 Å². The molecule has 0 radical (unpaired) electrons. The molecule has 0 unspecified atom stereocenters. The Morgan fingerprint density at radius 3 is 2.75 bits per heavy atom. The third-order valence-corrected chi connectivity index (χ3v) is 3.11. The summed E-state index contributed by atoms with van der Waals surface area (Å²) in [6.45, 7) is 2.77. The normalized spacial score (nSPS) is 9.75. The maximum Gasteiger partial charge on any atom is 0.138 e. The van der Waals surface area contributed by atoms with Crippen LogP contribution >= 0.6 is 11.6 Å². The van der Waals surface area contributed by atoms with Gasteiger partial charge in [0.05, 0.1) is 11.6 Å². The van der Waals surface area contributed by atoms with Crippen LogP contribution in [0.15, 0.2) is 42.5 Å². The zero-order valence-electron chi connectivity index (χ0n) is 11.3. The van der Waals surface area contributed by atoms with Gasteiger partial charge in [-0.1, -0.05) is 47.7 Å². The highest BCUT2D eigenvalue weighted by molar-refractivity contribution is 6.32. The van der Waals surface area contributed by atoms with Crippen molar-refractivity contribution in [2.75, 3.05) is 6.54 Å². The van der Waals surface area contributed by atoms with Crippen molar-refractivity contribution < 1.29 is 4.74 Å². The van der Waals surface area contributed by atoms with Gasteiger partial charge in [-0.25, -0.2) is 0 Å². The quantitative estimate of drug-likeness (QED) is 0.876. The van der Waals surface area contributed by atoms with Crippen molar-refractivity contribution in [3.05, 3.63) is 64.2 Å². The van der Waals surface area contributed by atoms with Crippen LogP contribution in [0.3, 0.4) is 0 Å². The molecule has 0 atom stereocenters. The average molecular weight is 286 g/mol. The van der Waals surface area contributed by atoms with Gasteiger partial charge in [0.1, 0.15) is 12.4 Å². The Kier molecular flexibility index (Phi) is 5.06. The van der Waals surface area contributed by atoms with Crippen LogP contribution in [0.2, 0.25) is 5.02 Å². The second-order valence-corrected chi connectivity index (χ2v) is 4.79. The zero-order chi connectivity index (χ0) is 14.4. The van der Waals surface area contributed by atoms with E-state index in [-0.39, 0.29) is 0 Å². The highest BCUT2D eigenvalue weighted by Crippen LogP contribution is 2.26. The minimum absolute atomic E-state index is 0.346. The largest absolute Gasteiger partial charge is 0.487 e. The molecular formula is C17H16ClNO. The minimum atomic E-state index is 0.346. The summed E-state index contributed by atoms with van der Waals surface area (Å²) in [7, 11) is 0. The summed E-state index contributed by atoms with van der Waals surface area (Å²) < 4.78 is 5.77. The van der Waals surface area contributed by atoms with Crippen molar-refractivity contribution in [2.45, 2.75) is 13.5 Å². The molecule has 0 saturated heterocycles. The number of aryl methyl sites for hydroxylation is 1. The summed E-state index contributed by atoms with van der Waals surface area (Å²) in [6, 6.07) is 13.6. The molecule has 2 N–H and O–H groups in total. The lowest BCUT2D eigenvalue weighted by Crippen LogP contribution is -1.99. The van der Waals surface area contributed by atoms with Crippen molar-refractivity contribution in [3.63, 3.8) is 0 Å². The van der Waals surface area contributed by atoms with Crippen LogP contribution in [0.5, 0.6) is 5.75 Å². The van der Waals surface area contributed by atoms with Crippen LogP contribution in [-0.2, 0) is 6.61 Å². The number of rotatable bonds is 3. The molecule has 20 heavy (non-hydrogen) atoms. The van der Waals surface area contributed by atoms with Crippen molar-refractivity contribution in [3.8, 4) is 17.6 Å². The number of ether oxygens (including phenoxy) is 1. The zero-order valence-corrected chi connectivity index (χ0v) is 12.1. The van der Waals surface area contributed by atoms with Gasteiger partial charge < -0.3 is 10.5 Å². The summed E-state index contributed by atoms with van der Waals surface area (Å²) in [5.41, 5.74) is 8.46. The lowest BCUT2D eigenvalue weighted by molar-refractivity contribution is 0.306. The van der Waals surface area contributed by atoms with Gasteiger partial charge in [-0.05, 0) is 30.7 Å². The van der Waals surface area contributed by atoms with Gasteiger partial charge >= 0.3 is 0 Å². The molecule has 3 heteroatoms. The van der Waals surface area contributed by atoms with E-state index in [0.717, 1.165) is 16.7 Å². The van der Waals surface area contributed by atoms with Crippen LogP contribution in [0.25, 0.3) is 0 Å². The van der Waals surface area contributed by atoms with E-state index < -0.39 is 0 Å². The smallest absolute Gasteiger partial charge is 0.138 e. The molecule has 0 fully saturated rings. The van der Waals surface area contributed by atoms with E-state index in [1.165, 1.54) is 0 Å². The van der Waals surface area contributed by atoms with Crippen LogP contribution in [0, 0.1) is 18.8 Å². The van der Waals surface area contributed by atoms with Gasteiger partial charge in [0.15, 0.2) is 0 Å². The maximum absolute atomic E-state index is 6.15. The highest BCUT2D eigenvalue weighted by atomic mass is 35.5. The second kappa shape index (κ2) is 7.00. The van der Waals surface area contributed by atoms with E-state index >= 15 is 0 Å². The van der Waals surface area contributed by atoms with Crippen molar-refractivity contribution in [1.29, 1.82) is 0 Å². The van der Waals surface area contributed by atoms with Crippen LogP contribution in [0.4, 0.5) is 0 Å². The number of hydrogen-bond donors (Lipinski definition) is 1. The molecule has 0 spiro atoms. The Morgan fingerprint density at radius 1 is 1.20 bits per heavy atom. The standard InChI is InChI=1S/C17H16ClNO/c1-13-8-9-17(16(18)11-13)20-12-15-6-3-2-5-14(15)7-4-10-19/h2-3,5-6,8-9,11H,10,12,19H2,1H3. The molecular weight excluding hydrogens is 270 g/mol. The average Bonchev–Trinajstić information content (AvgIpc) is 2.45. The number of benzene rings is 2. The molecule has 0 saturated carbocycles. The molecule has 0 aliphatic carbocycles. The summed E-state index contributed by atoms with van der Waals surface area (Å²) in [6.07, 6.45) is 0. The Hall–Kier alpha value is -1.95. The molecule has 2 nitrogen and oxygen atoms in total. The lowest BCUT2D eigenvalue weighted by atomic mass is 10.1. The number of nitrogens with two attached hydrogens (primary N) is 1. The molecule has 2 aromatic carbocycles. The fraction of sp³-hybridized carbons (Fsp3) is 0.176. The monoisotopic (exact) mass is 285 g/mol. The van der Waals surface area contributed by atoms with Gasteiger partial charge in [-0.15, -0.1) is 0 Å². The van der Waals surface area contributed by atoms with Gasteiger partial charge in [-0.2, -0.15) is 0 Å². The van der Waals surface area contributed by atoms with Gasteiger partial charge in [0.25, 0.3) is 0 Å². The first-order valence-corrected chi connectivity index (χ1v) is 6.74. The first-order chi connectivity index (χ1) is 9.70. The predicted molar refractivity (Wildman–Crippen MR) is 82.9 cm³/mol. The van der Waals surface area contributed by atoms with E-state index in [4.69, 9.17) is 22.1 Å². The van der Waals surface area contributed by atoms with Gasteiger partial charge in [0.2, 0.25) is 0 Å². The fourth-order valence-electron chi connectivity index (χ4n) is 1.79. The van der Waals surface area contributed by atoms with E-state index in [0.29, 0.717) is 23.9 Å². The molecule has 0 amide bonds. The van der Waals surface area contributed by atoms with E-state index in [1.807, 2.05) is 49.4 Å². The van der Waals surface area contributed by atoms with Crippen LogP contribution in [0.1, 0.15) is 16.7 Å². The Bertz CT molecular complexity index is 656. The molecule has 0 aliphatic heterocycles. The van der Waals surface area contributed by atoms with Gasteiger partial charge in [0, 0.05) is 11.1 Å². The SMILES string of the molecule is Cc1ccc(OCc2ccccc2C#CCN)c(Cl)c1. The minimum Gasteiger partial charge on any atom is -0.487 e. The molecule has 102 valence electrons. The number of hydrogen-bond acceptors (Lipinski definition) is 2. The molecule has 2 rings (SSSR count). The van der Waals surface area contributed by atoms with Crippen molar-refractivity contribution >= 4 is 11.6 Å². The van der Waals surface area contributed by atoms with Gasteiger partial charge in [-0.3, -0.25) is 0 Å². The lowest BCUT2D eigenvalue weighted by Gasteiger charge is -2.10. The summed E-state index contributed by atoms with van der Waals surface area (Å²) in [5, 5.41) is 0.621.